The highest BCUT2D eigenvalue weighted by Crippen LogP contribution is 2.30. The lowest BCUT2D eigenvalue weighted by molar-refractivity contribution is -0.142. The van der Waals surface area contributed by atoms with Gasteiger partial charge >= 0.3 is 6.18 Å². The SMILES string of the molecule is CN=C(NCc1nc(C)cs1)NCc1cn(C)nc1C(F)(F)F. The lowest BCUT2D eigenvalue weighted by atomic mass is 10.2. The van der Waals surface area contributed by atoms with Crippen LogP contribution in [0, 0.1) is 6.92 Å². The average Bonchev–Trinajstić information content (AvgIpc) is 3.04. The molecule has 6 nitrogen and oxygen atoms in total. The molecule has 2 aromatic rings. The minimum Gasteiger partial charge on any atom is -0.352 e. The van der Waals surface area contributed by atoms with Crippen molar-refractivity contribution >= 4 is 17.3 Å². The molecule has 2 rings (SSSR count). The van der Waals surface area contributed by atoms with Gasteiger partial charge < -0.3 is 10.6 Å². The fourth-order valence-corrected chi connectivity index (χ4v) is 2.66. The van der Waals surface area contributed by atoms with Gasteiger partial charge in [-0.3, -0.25) is 9.67 Å². The summed E-state index contributed by atoms with van der Waals surface area (Å²) >= 11 is 1.51. The molecule has 0 aromatic carbocycles. The number of nitrogens with one attached hydrogen (secondary N) is 2. The van der Waals surface area contributed by atoms with E-state index in [0.717, 1.165) is 15.4 Å². The van der Waals surface area contributed by atoms with Crippen molar-refractivity contribution in [3.05, 3.63) is 33.5 Å². The van der Waals surface area contributed by atoms with Crippen molar-refractivity contribution in [1.29, 1.82) is 0 Å². The zero-order chi connectivity index (χ0) is 17.0. The number of thiazole rings is 1. The fraction of sp³-hybridized carbons (Fsp3) is 0.462. The minimum atomic E-state index is -4.48. The molecule has 0 fully saturated rings. The second kappa shape index (κ2) is 6.99. The third kappa shape index (κ3) is 4.68. The van der Waals surface area contributed by atoms with E-state index in [1.54, 1.807) is 7.05 Å². The maximum atomic E-state index is 12.9. The number of rotatable bonds is 4. The second-order valence-corrected chi connectivity index (χ2v) is 5.78. The Morgan fingerprint density at radius 1 is 1.35 bits per heavy atom. The van der Waals surface area contributed by atoms with Gasteiger partial charge in [0.15, 0.2) is 11.7 Å². The summed E-state index contributed by atoms with van der Waals surface area (Å²) in [5.41, 5.74) is 0.103. The van der Waals surface area contributed by atoms with Crippen LogP contribution in [0.4, 0.5) is 13.2 Å². The first-order valence-electron chi connectivity index (χ1n) is 6.75. The number of halogens is 3. The molecule has 0 saturated carbocycles. The molecular weight excluding hydrogens is 329 g/mol. The van der Waals surface area contributed by atoms with Crippen molar-refractivity contribution in [2.45, 2.75) is 26.2 Å². The van der Waals surface area contributed by atoms with E-state index in [1.165, 1.54) is 24.6 Å². The van der Waals surface area contributed by atoms with Crippen LogP contribution in [0.5, 0.6) is 0 Å². The van der Waals surface area contributed by atoms with Gasteiger partial charge in [0.2, 0.25) is 0 Å². The third-order valence-corrected chi connectivity index (χ3v) is 3.88. The molecule has 0 bridgehead atoms. The highest BCUT2D eigenvalue weighted by molar-refractivity contribution is 7.09. The van der Waals surface area contributed by atoms with Crippen molar-refractivity contribution in [2.24, 2.45) is 12.0 Å². The summed E-state index contributed by atoms with van der Waals surface area (Å²) in [5.74, 6) is 0.398. The lowest BCUT2D eigenvalue weighted by Crippen LogP contribution is -2.36. The van der Waals surface area contributed by atoms with Gasteiger partial charge in [0, 0.05) is 43.5 Å². The van der Waals surface area contributed by atoms with Crippen LogP contribution in [0.3, 0.4) is 0 Å². The fourth-order valence-electron chi connectivity index (χ4n) is 1.95. The van der Waals surface area contributed by atoms with Crippen LogP contribution in [0.25, 0.3) is 0 Å². The average molecular weight is 346 g/mol. The Hall–Kier alpha value is -2.10. The Morgan fingerprint density at radius 2 is 2.04 bits per heavy atom. The molecule has 2 N–H and O–H groups in total. The summed E-state index contributed by atoms with van der Waals surface area (Å²) in [5, 5.41) is 12.1. The Balaban J connectivity index is 1.96. The summed E-state index contributed by atoms with van der Waals surface area (Å²) in [6, 6.07) is 0. The first-order chi connectivity index (χ1) is 10.8. The van der Waals surface area contributed by atoms with Gasteiger partial charge in [0.05, 0.1) is 6.54 Å². The Morgan fingerprint density at radius 3 is 2.61 bits per heavy atom. The quantitative estimate of drug-likeness (QED) is 0.657. The number of aryl methyl sites for hydroxylation is 2. The highest BCUT2D eigenvalue weighted by Gasteiger charge is 2.36. The molecule has 0 radical (unpaired) electrons. The van der Waals surface area contributed by atoms with E-state index in [9.17, 15) is 13.2 Å². The summed E-state index contributed by atoms with van der Waals surface area (Å²) in [7, 11) is 3.01. The molecule has 23 heavy (non-hydrogen) atoms. The van der Waals surface area contributed by atoms with Crippen molar-refractivity contribution in [2.75, 3.05) is 7.05 Å². The lowest BCUT2D eigenvalue weighted by Gasteiger charge is -2.11. The monoisotopic (exact) mass is 346 g/mol. The number of aromatic nitrogens is 3. The van der Waals surface area contributed by atoms with Gasteiger partial charge in [-0.1, -0.05) is 0 Å². The normalized spacial score (nSPS) is 12.5. The topological polar surface area (TPSA) is 67.1 Å². The van der Waals surface area contributed by atoms with Crippen LogP contribution in [-0.2, 0) is 26.3 Å². The Kier molecular flexibility index (Phi) is 5.24. The van der Waals surface area contributed by atoms with Crippen LogP contribution in [0.2, 0.25) is 0 Å². The van der Waals surface area contributed by atoms with Crippen LogP contribution < -0.4 is 10.6 Å². The standard InChI is InChI=1S/C13H17F3N6S/c1-8-7-23-10(20-8)5-19-12(17-2)18-4-9-6-22(3)21-11(9)13(14,15)16/h6-7H,4-5H2,1-3H3,(H2,17,18,19). The van der Waals surface area contributed by atoms with E-state index in [1.807, 2.05) is 12.3 Å². The Bertz CT molecular complexity index is 688. The predicted octanol–water partition coefficient (Wildman–Crippen LogP) is 2.07. The highest BCUT2D eigenvalue weighted by atomic mass is 32.1. The van der Waals surface area contributed by atoms with Gasteiger partial charge in [-0.05, 0) is 6.92 Å². The molecule has 0 atom stereocenters. The van der Waals surface area contributed by atoms with Crippen molar-refractivity contribution in [3.63, 3.8) is 0 Å². The number of hydrogen-bond acceptors (Lipinski definition) is 4. The largest absolute Gasteiger partial charge is 0.435 e. The van der Waals surface area contributed by atoms with Crippen molar-refractivity contribution in [1.82, 2.24) is 25.4 Å². The van der Waals surface area contributed by atoms with E-state index < -0.39 is 11.9 Å². The molecule has 126 valence electrons. The van der Waals surface area contributed by atoms with Crippen molar-refractivity contribution in [3.8, 4) is 0 Å². The zero-order valence-corrected chi connectivity index (χ0v) is 13.7. The van der Waals surface area contributed by atoms with Gasteiger partial charge in [0.25, 0.3) is 0 Å². The molecular formula is C13H17F3N6S. The number of alkyl halides is 3. The van der Waals surface area contributed by atoms with Gasteiger partial charge in [-0.15, -0.1) is 11.3 Å². The van der Waals surface area contributed by atoms with Gasteiger partial charge in [-0.25, -0.2) is 4.98 Å². The van der Waals surface area contributed by atoms with E-state index in [0.29, 0.717) is 12.5 Å². The van der Waals surface area contributed by atoms with E-state index in [-0.39, 0.29) is 12.1 Å². The summed E-state index contributed by atoms with van der Waals surface area (Å²) in [6.45, 7) is 2.32. The summed E-state index contributed by atoms with van der Waals surface area (Å²) in [6.07, 6.45) is -3.14. The van der Waals surface area contributed by atoms with E-state index in [2.05, 4.69) is 25.7 Å². The second-order valence-electron chi connectivity index (χ2n) is 4.84. The predicted molar refractivity (Wildman–Crippen MR) is 82.1 cm³/mol. The number of hydrogen-bond donors (Lipinski definition) is 2. The zero-order valence-electron chi connectivity index (χ0n) is 12.9. The van der Waals surface area contributed by atoms with Crippen LogP contribution >= 0.6 is 11.3 Å². The molecule has 10 heteroatoms. The first-order valence-corrected chi connectivity index (χ1v) is 7.63. The number of nitrogens with zero attached hydrogens (tertiary/aromatic N) is 4. The van der Waals surface area contributed by atoms with Gasteiger partial charge in [-0.2, -0.15) is 18.3 Å². The number of guanidine groups is 1. The van der Waals surface area contributed by atoms with E-state index in [4.69, 9.17) is 0 Å². The molecule has 0 spiro atoms. The molecule has 2 heterocycles. The summed E-state index contributed by atoms with van der Waals surface area (Å²) < 4.78 is 39.8. The molecule has 0 aliphatic heterocycles. The van der Waals surface area contributed by atoms with Crippen LogP contribution in [0.1, 0.15) is 22.0 Å². The van der Waals surface area contributed by atoms with Gasteiger partial charge in [0.1, 0.15) is 5.01 Å². The first kappa shape index (κ1) is 17.3. The smallest absolute Gasteiger partial charge is 0.352 e. The molecule has 0 amide bonds. The molecule has 0 unspecified atom stereocenters. The Labute approximate surface area is 135 Å². The van der Waals surface area contributed by atoms with Crippen LogP contribution in [0.15, 0.2) is 16.6 Å². The molecule has 0 saturated heterocycles. The van der Waals surface area contributed by atoms with Crippen LogP contribution in [-0.4, -0.2) is 27.8 Å². The van der Waals surface area contributed by atoms with Crippen molar-refractivity contribution < 1.29 is 13.2 Å². The number of aliphatic imine (C=N–C) groups is 1. The molecule has 0 aliphatic carbocycles. The molecule has 2 aromatic heterocycles. The minimum absolute atomic E-state index is 0.0285. The third-order valence-electron chi connectivity index (χ3n) is 2.92. The molecule has 0 aliphatic rings. The maximum absolute atomic E-state index is 12.9. The maximum Gasteiger partial charge on any atom is 0.435 e. The van der Waals surface area contributed by atoms with E-state index >= 15 is 0 Å². The summed E-state index contributed by atoms with van der Waals surface area (Å²) in [4.78, 5) is 8.28.